The van der Waals surface area contributed by atoms with Crippen LogP contribution < -0.4 is 5.32 Å². The number of esters is 1. The van der Waals surface area contributed by atoms with Gasteiger partial charge in [0.1, 0.15) is 0 Å². The average molecular weight is 352 g/mol. The lowest BCUT2D eigenvalue weighted by atomic mass is 10.1. The van der Waals surface area contributed by atoms with E-state index in [2.05, 4.69) is 5.32 Å². The highest BCUT2D eigenvalue weighted by atomic mass is 35.5. The zero-order valence-corrected chi connectivity index (χ0v) is 13.9. The maximum atomic E-state index is 11.8. The Hall–Kier alpha value is -2.04. The molecule has 0 aliphatic heterocycles. The smallest absolute Gasteiger partial charge is 0.338 e. The largest absolute Gasteiger partial charge is 0.452 e. The van der Waals surface area contributed by atoms with Crippen LogP contribution in [0.15, 0.2) is 48.5 Å². The van der Waals surface area contributed by atoms with Crippen molar-refractivity contribution in [2.24, 2.45) is 0 Å². The molecule has 1 atom stereocenters. The van der Waals surface area contributed by atoms with Crippen molar-refractivity contribution >= 4 is 35.1 Å². The highest BCUT2D eigenvalue weighted by molar-refractivity contribution is 6.30. The fourth-order valence-corrected chi connectivity index (χ4v) is 2.17. The van der Waals surface area contributed by atoms with Crippen LogP contribution in [-0.2, 0) is 9.53 Å². The highest BCUT2D eigenvalue weighted by Crippen LogP contribution is 2.16. The van der Waals surface area contributed by atoms with Crippen molar-refractivity contribution in [3.05, 3.63) is 69.7 Å². The van der Waals surface area contributed by atoms with Gasteiger partial charge in [-0.15, -0.1) is 0 Å². The van der Waals surface area contributed by atoms with Gasteiger partial charge >= 0.3 is 5.97 Å². The number of benzene rings is 2. The number of halogens is 2. The molecular weight excluding hydrogens is 337 g/mol. The van der Waals surface area contributed by atoms with Gasteiger partial charge in [-0.25, -0.2) is 4.79 Å². The van der Waals surface area contributed by atoms with Crippen molar-refractivity contribution in [3.8, 4) is 0 Å². The predicted molar refractivity (Wildman–Crippen MR) is 89.7 cm³/mol. The lowest BCUT2D eigenvalue weighted by Gasteiger charge is -2.14. The number of carbonyl (C=O) groups excluding carboxylic acids is 2. The zero-order chi connectivity index (χ0) is 16.8. The molecule has 0 aliphatic carbocycles. The topological polar surface area (TPSA) is 55.4 Å². The van der Waals surface area contributed by atoms with Crippen LogP contribution in [0.2, 0.25) is 10.0 Å². The molecule has 0 bridgehead atoms. The second-order valence-electron chi connectivity index (χ2n) is 4.92. The highest BCUT2D eigenvalue weighted by Gasteiger charge is 2.13. The molecule has 0 aliphatic rings. The van der Waals surface area contributed by atoms with Crippen molar-refractivity contribution in [2.45, 2.75) is 13.0 Å². The van der Waals surface area contributed by atoms with Gasteiger partial charge in [0, 0.05) is 10.0 Å². The summed E-state index contributed by atoms with van der Waals surface area (Å²) in [5.41, 5.74) is 1.25. The molecule has 0 saturated carbocycles. The average Bonchev–Trinajstić information content (AvgIpc) is 2.54. The van der Waals surface area contributed by atoms with Gasteiger partial charge in [-0.3, -0.25) is 4.79 Å². The third-order valence-corrected chi connectivity index (χ3v) is 3.67. The van der Waals surface area contributed by atoms with Gasteiger partial charge in [-0.05, 0) is 48.9 Å². The Kier molecular flexibility index (Phi) is 6.02. The Balaban J connectivity index is 1.83. The molecule has 0 spiro atoms. The minimum Gasteiger partial charge on any atom is -0.452 e. The summed E-state index contributed by atoms with van der Waals surface area (Å²) in [7, 11) is 0. The van der Waals surface area contributed by atoms with Crippen LogP contribution in [-0.4, -0.2) is 18.5 Å². The van der Waals surface area contributed by atoms with Crippen LogP contribution in [0.3, 0.4) is 0 Å². The summed E-state index contributed by atoms with van der Waals surface area (Å²) in [5, 5.41) is 3.90. The quantitative estimate of drug-likeness (QED) is 0.827. The van der Waals surface area contributed by atoms with Gasteiger partial charge in [0.2, 0.25) is 0 Å². The molecule has 0 radical (unpaired) electrons. The summed E-state index contributed by atoms with van der Waals surface area (Å²) in [6.07, 6.45) is 0. The number of nitrogens with one attached hydrogen (secondary N) is 1. The van der Waals surface area contributed by atoms with Crippen molar-refractivity contribution in [1.82, 2.24) is 5.32 Å². The number of carbonyl (C=O) groups is 2. The van der Waals surface area contributed by atoms with Crippen molar-refractivity contribution in [2.75, 3.05) is 6.61 Å². The van der Waals surface area contributed by atoms with Crippen LogP contribution in [0, 0.1) is 0 Å². The zero-order valence-electron chi connectivity index (χ0n) is 12.4. The molecular formula is C17H15Cl2NO3. The Morgan fingerprint density at radius 1 is 1.00 bits per heavy atom. The number of rotatable bonds is 5. The molecule has 120 valence electrons. The predicted octanol–water partition coefficient (Wildman–Crippen LogP) is 4.03. The van der Waals surface area contributed by atoms with Crippen molar-refractivity contribution in [3.63, 3.8) is 0 Å². The van der Waals surface area contributed by atoms with E-state index in [9.17, 15) is 9.59 Å². The molecule has 23 heavy (non-hydrogen) atoms. The molecule has 1 amide bonds. The van der Waals surface area contributed by atoms with Crippen LogP contribution in [0.4, 0.5) is 0 Å². The van der Waals surface area contributed by atoms with Gasteiger partial charge < -0.3 is 10.1 Å². The third-order valence-electron chi connectivity index (χ3n) is 3.16. The molecule has 6 heteroatoms. The summed E-state index contributed by atoms with van der Waals surface area (Å²) in [5.74, 6) is -0.953. The van der Waals surface area contributed by atoms with Gasteiger partial charge in [0.25, 0.3) is 5.91 Å². The van der Waals surface area contributed by atoms with E-state index in [0.29, 0.717) is 15.6 Å². The molecule has 0 unspecified atom stereocenters. The Labute approximate surface area is 144 Å². The lowest BCUT2D eigenvalue weighted by Crippen LogP contribution is -2.31. The minimum absolute atomic E-state index is 0.214. The standard InChI is InChI=1S/C17H15Cl2NO3/c1-11(12-2-6-14(18)7-3-12)20-16(21)10-23-17(22)13-4-8-15(19)9-5-13/h2-9,11H,10H2,1H3,(H,20,21)/t11-/m1/s1. The first-order valence-corrected chi connectivity index (χ1v) is 7.69. The third kappa shape index (κ3) is 5.27. The molecule has 1 N–H and O–H groups in total. The SMILES string of the molecule is C[C@@H](NC(=O)COC(=O)c1ccc(Cl)cc1)c1ccc(Cl)cc1. The first-order valence-electron chi connectivity index (χ1n) is 6.93. The molecule has 0 heterocycles. The first kappa shape index (κ1) is 17.3. The number of ether oxygens (including phenoxy) is 1. The second-order valence-corrected chi connectivity index (χ2v) is 5.80. The van der Waals surface area contributed by atoms with Crippen LogP contribution in [0.1, 0.15) is 28.9 Å². The Bertz CT molecular complexity index is 684. The number of hydrogen-bond donors (Lipinski definition) is 1. The van der Waals surface area contributed by atoms with E-state index >= 15 is 0 Å². The number of amides is 1. The summed E-state index contributed by atoms with van der Waals surface area (Å²) in [6.45, 7) is 1.49. The van der Waals surface area contributed by atoms with Crippen LogP contribution >= 0.6 is 23.2 Å². The molecule has 2 rings (SSSR count). The molecule has 0 fully saturated rings. The Morgan fingerprint density at radius 2 is 1.52 bits per heavy atom. The van der Waals surface area contributed by atoms with Crippen molar-refractivity contribution in [1.29, 1.82) is 0 Å². The van der Waals surface area contributed by atoms with Gasteiger partial charge in [-0.2, -0.15) is 0 Å². The monoisotopic (exact) mass is 351 g/mol. The van der Waals surface area contributed by atoms with Crippen LogP contribution in [0.5, 0.6) is 0 Å². The van der Waals surface area contributed by atoms with E-state index in [4.69, 9.17) is 27.9 Å². The molecule has 2 aromatic rings. The maximum Gasteiger partial charge on any atom is 0.338 e. The van der Waals surface area contributed by atoms with Crippen LogP contribution in [0.25, 0.3) is 0 Å². The first-order chi connectivity index (χ1) is 11.0. The second kappa shape index (κ2) is 7.99. The van der Waals surface area contributed by atoms with E-state index < -0.39 is 5.97 Å². The molecule has 0 aromatic heterocycles. The number of hydrogen-bond acceptors (Lipinski definition) is 3. The Morgan fingerprint density at radius 3 is 2.09 bits per heavy atom. The van der Waals surface area contributed by atoms with E-state index in [1.54, 1.807) is 36.4 Å². The van der Waals surface area contributed by atoms with E-state index in [0.717, 1.165) is 5.56 Å². The lowest BCUT2D eigenvalue weighted by molar-refractivity contribution is -0.124. The summed E-state index contributed by atoms with van der Waals surface area (Å²) in [4.78, 5) is 23.6. The summed E-state index contributed by atoms with van der Waals surface area (Å²) < 4.78 is 4.97. The van der Waals surface area contributed by atoms with Crippen molar-refractivity contribution < 1.29 is 14.3 Å². The normalized spacial score (nSPS) is 11.6. The minimum atomic E-state index is -0.573. The van der Waals surface area contributed by atoms with Gasteiger partial charge in [-0.1, -0.05) is 35.3 Å². The van der Waals surface area contributed by atoms with E-state index in [1.807, 2.05) is 19.1 Å². The summed E-state index contributed by atoms with van der Waals surface area (Å²) in [6, 6.07) is 13.2. The summed E-state index contributed by atoms with van der Waals surface area (Å²) >= 11 is 11.6. The van der Waals surface area contributed by atoms with Gasteiger partial charge in [0.15, 0.2) is 6.61 Å². The van der Waals surface area contributed by atoms with Gasteiger partial charge in [0.05, 0.1) is 11.6 Å². The fourth-order valence-electron chi connectivity index (χ4n) is 1.92. The fraction of sp³-hybridized carbons (Fsp3) is 0.176. The molecule has 2 aromatic carbocycles. The molecule has 4 nitrogen and oxygen atoms in total. The molecule has 0 saturated heterocycles. The van der Waals surface area contributed by atoms with E-state index in [-0.39, 0.29) is 18.6 Å². The maximum absolute atomic E-state index is 11.8. The van der Waals surface area contributed by atoms with E-state index in [1.165, 1.54) is 0 Å².